The molecule has 0 bridgehead atoms. The van der Waals surface area contributed by atoms with Crippen molar-refractivity contribution in [1.82, 2.24) is 0 Å². The van der Waals surface area contributed by atoms with Gasteiger partial charge in [-0.25, -0.2) is 4.98 Å². The van der Waals surface area contributed by atoms with Gasteiger partial charge in [0.15, 0.2) is 12.4 Å². The Bertz CT molecular complexity index is 1030. The molecule has 1 aromatic heterocycles. The van der Waals surface area contributed by atoms with Crippen molar-refractivity contribution in [3.8, 4) is 0 Å². The molecule has 0 atom stereocenters. The minimum absolute atomic E-state index is 0.215. The summed E-state index contributed by atoms with van der Waals surface area (Å²) in [6, 6.07) is 4.06. The Morgan fingerprint density at radius 3 is 1.41 bits per heavy atom. The maximum Gasteiger partial charge on any atom is 0.169 e. The average Bonchev–Trinajstić information content (AvgIpc) is 2.85. The molecule has 23 heteroatoms. The van der Waals surface area contributed by atoms with Crippen molar-refractivity contribution >= 4 is 18.4 Å². The molecule has 0 saturated heterocycles. The van der Waals surface area contributed by atoms with Crippen LogP contribution < -0.4 is 9.88 Å². The van der Waals surface area contributed by atoms with E-state index in [-0.39, 0.29) is 6.61 Å². The van der Waals surface area contributed by atoms with Crippen LogP contribution in [0.25, 0.3) is 0 Å². The molecule has 1 rings (SSSR count). The molecule has 0 aliphatic heterocycles. The van der Waals surface area contributed by atoms with E-state index in [2.05, 4.69) is 19.1 Å². The molecule has 0 aliphatic rings. The molecule has 1 aromatic rings. The van der Waals surface area contributed by atoms with Crippen LogP contribution in [0.1, 0.15) is 32.6 Å². The number of H-pyrrole nitrogens is 1. The van der Waals surface area contributed by atoms with Crippen LogP contribution in [0.15, 0.2) is 24.5 Å². The van der Waals surface area contributed by atoms with Crippen LogP contribution in [0.2, 0.25) is 0 Å². The number of carbonyl (C=O) groups is 1. The number of rotatable bonds is 12. The van der Waals surface area contributed by atoms with Crippen molar-refractivity contribution in [3.63, 3.8) is 0 Å². The van der Waals surface area contributed by atoms with Crippen molar-refractivity contribution in [2.75, 3.05) is 32.2 Å². The van der Waals surface area contributed by atoms with Gasteiger partial charge in [0.25, 0.3) is 0 Å². The first-order valence-electron chi connectivity index (χ1n) is 11.8. The number of hydrogen-bond donors (Lipinski definition) is 0. The van der Waals surface area contributed by atoms with E-state index in [0.717, 1.165) is 0 Å². The van der Waals surface area contributed by atoms with E-state index >= 15 is 8.39 Å². The van der Waals surface area contributed by atoms with E-state index in [1.54, 1.807) is 0 Å². The Kier molecular flexibility index (Phi) is 12.1. The first-order valence-corrected chi connectivity index (χ1v) is 14.1. The minimum Gasteiger partial charge on any atom is -0.377 e. The summed E-state index contributed by atoms with van der Waals surface area (Å²) >= 11 is 0. The van der Waals surface area contributed by atoms with Gasteiger partial charge in [-0.15, -0.1) is 0 Å². The summed E-state index contributed by atoms with van der Waals surface area (Å²) in [4.78, 5) is 16.0. The maximum absolute atomic E-state index is 15.2. The summed E-state index contributed by atoms with van der Waals surface area (Å²) < 4.78 is 235. The number of ether oxygens (including phenoxy) is 1. The zero-order valence-corrected chi connectivity index (χ0v) is 23.5. The summed E-state index contributed by atoms with van der Waals surface area (Å²) in [6.45, 7) is -16.2. The molecule has 0 unspecified atom stereocenters. The molecular weight excluding hydrogens is 682 g/mol. The van der Waals surface area contributed by atoms with Crippen molar-refractivity contribution < 1.29 is 93.3 Å². The molecule has 0 aliphatic carbocycles. The van der Waals surface area contributed by atoms with Crippen LogP contribution in [-0.2, 0) is 14.1 Å². The summed E-state index contributed by atoms with van der Waals surface area (Å²) in [7, 11) is 4.05. The molecule has 5 nitrogen and oxygen atoms in total. The molecule has 0 fully saturated rings. The van der Waals surface area contributed by atoms with Gasteiger partial charge in [0, 0.05) is 31.9 Å². The summed E-state index contributed by atoms with van der Waals surface area (Å²) in [5, 5.41) is 0. The van der Waals surface area contributed by atoms with Gasteiger partial charge in [-0.05, 0) is 0 Å². The van der Waals surface area contributed by atoms with Gasteiger partial charge in [-0.1, -0.05) is 0 Å². The SMILES string of the molecule is CCOC(=O)CCCCCO[P-](F)(F)(C(F)(F)C(F)(F)F)(C(F)(F)C(F)(F)F)C(F)(F)C(F)(F)F.CN(C)c1cc[nH+]cc1. The molecule has 1 heterocycles. The third-order valence-corrected chi connectivity index (χ3v) is 10.9. The monoisotopic (exact) mass is 708 g/mol. The van der Waals surface area contributed by atoms with E-state index in [1.165, 1.54) is 12.6 Å². The molecule has 44 heavy (non-hydrogen) atoms. The van der Waals surface area contributed by atoms with E-state index in [1.807, 2.05) is 38.6 Å². The predicted octanol–water partition coefficient (Wildman–Crippen LogP) is 8.93. The number of aromatic amines is 1. The summed E-state index contributed by atoms with van der Waals surface area (Å²) in [5.74, 6) is -1.04. The van der Waals surface area contributed by atoms with Crippen LogP contribution in [0, 0.1) is 0 Å². The largest absolute Gasteiger partial charge is 0.377 e. The van der Waals surface area contributed by atoms with Crippen LogP contribution in [0.3, 0.4) is 0 Å². The fraction of sp³-hybridized carbons (Fsp3) is 0.714. The van der Waals surface area contributed by atoms with Crippen molar-refractivity contribution in [1.29, 1.82) is 0 Å². The van der Waals surface area contributed by atoms with E-state index < -0.39 is 80.6 Å². The zero-order chi connectivity index (χ0) is 35.3. The van der Waals surface area contributed by atoms with E-state index in [4.69, 9.17) is 0 Å². The van der Waals surface area contributed by atoms with Crippen LogP contribution in [0.4, 0.5) is 79.9 Å². The van der Waals surface area contributed by atoms with Crippen molar-refractivity contribution in [2.24, 2.45) is 0 Å². The maximum atomic E-state index is 15.2. The predicted molar refractivity (Wildman–Crippen MR) is 121 cm³/mol. The van der Waals surface area contributed by atoms with Gasteiger partial charge in [0.2, 0.25) is 0 Å². The number of halogens is 17. The Balaban J connectivity index is 0.00000174. The normalized spacial score (nSPS) is 15.5. The number of nitrogens with zero attached hydrogens (tertiary/aromatic N) is 1. The van der Waals surface area contributed by atoms with Gasteiger partial charge >= 0.3 is 182 Å². The molecule has 0 saturated carbocycles. The summed E-state index contributed by atoms with van der Waals surface area (Å²) in [6.07, 6.45) is -25.6. The van der Waals surface area contributed by atoms with Gasteiger partial charge < -0.3 is 4.90 Å². The number of carbonyl (C=O) groups excluding carboxylic acids is 1. The molecular formula is C21H26F17N2O3P. The molecule has 0 radical (unpaired) electrons. The average molecular weight is 708 g/mol. The number of unbranched alkanes of at least 4 members (excludes halogenated alkanes) is 2. The minimum atomic E-state index is -14.3. The quantitative estimate of drug-likeness (QED) is 0.0943. The number of hydrogen-bond acceptors (Lipinski definition) is 4. The van der Waals surface area contributed by atoms with E-state index in [0.29, 0.717) is 0 Å². The number of pyridine rings is 1. The molecule has 0 amide bonds. The van der Waals surface area contributed by atoms with Crippen LogP contribution in [-0.4, -0.2) is 68.8 Å². The molecule has 1 N–H and O–H groups in total. The number of anilines is 1. The van der Waals surface area contributed by atoms with Crippen molar-refractivity contribution in [3.05, 3.63) is 24.5 Å². The zero-order valence-electron chi connectivity index (χ0n) is 22.6. The second kappa shape index (κ2) is 12.8. The number of alkyl halides is 15. The third-order valence-electron chi connectivity index (χ3n) is 5.78. The Morgan fingerprint density at radius 1 is 0.727 bits per heavy atom. The second-order valence-electron chi connectivity index (χ2n) is 9.04. The fourth-order valence-electron chi connectivity index (χ4n) is 3.32. The summed E-state index contributed by atoms with van der Waals surface area (Å²) in [5.41, 5.74) is -26.9. The Labute approximate surface area is 237 Å². The number of esters is 1. The second-order valence-corrected chi connectivity index (χ2v) is 13.6. The first-order chi connectivity index (χ1) is 19.4. The van der Waals surface area contributed by atoms with Gasteiger partial charge in [-0.2, -0.15) is 0 Å². The third kappa shape index (κ3) is 6.33. The standard InChI is InChI=1S/C14H15F17O3P.C7H10N2/c1-2-33-8(32)6-4-3-5-7-34-35(30,31,12(24,25)9(15,16)17,13(26,27)10(18,19)20)14(28,29)11(21,22)23;1-9(2)7-3-5-8-6-4-7/h2-7H2,1H3;3-6H,1-2H3/q-1;/p+1. The van der Waals surface area contributed by atoms with Gasteiger partial charge in [0.05, 0.1) is 0 Å². The van der Waals surface area contributed by atoms with Crippen LogP contribution >= 0.6 is 6.79 Å². The van der Waals surface area contributed by atoms with E-state index in [9.17, 15) is 70.7 Å². The van der Waals surface area contributed by atoms with Gasteiger partial charge in [0.1, 0.15) is 0 Å². The first kappa shape index (κ1) is 41.6. The van der Waals surface area contributed by atoms with Gasteiger partial charge in [-0.3, -0.25) is 0 Å². The number of nitrogens with one attached hydrogen (secondary N) is 1. The molecule has 0 spiro atoms. The van der Waals surface area contributed by atoms with Crippen molar-refractivity contribution in [2.45, 2.75) is 68.1 Å². The number of aromatic nitrogens is 1. The Hall–Kier alpha value is -2.38. The fourth-order valence-corrected chi connectivity index (χ4v) is 7.06. The molecule has 0 aromatic carbocycles. The topological polar surface area (TPSA) is 52.9 Å². The Morgan fingerprint density at radius 2 is 1.11 bits per heavy atom. The van der Waals surface area contributed by atoms with Crippen LogP contribution in [0.5, 0.6) is 0 Å². The molecule has 262 valence electrons. The smallest absolute Gasteiger partial charge is 0.169 e.